The van der Waals surface area contributed by atoms with E-state index in [0.717, 1.165) is 0 Å². The van der Waals surface area contributed by atoms with Crippen LogP contribution in [0.2, 0.25) is 0 Å². The van der Waals surface area contributed by atoms with Crippen LogP contribution in [0.5, 0.6) is 0 Å². The molecule has 2 heterocycles. The van der Waals surface area contributed by atoms with Gasteiger partial charge in [-0.05, 0) is 32.2 Å². The lowest BCUT2D eigenvalue weighted by Crippen LogP contribution is -2.67. The van der Waals surface area contributed by atoms with Crippen LogP contribution in [0.3, 0.4) is 0 Å². The van der Waals surface area contributed by atoms with Crippen LogP contribution in [-0.2, 0) is 18.9 Å². The Kier molecular flexibility index (Phi) is 9.46. The lowest BCUT2D eigenvalue weighted by molar-refractivity contribution is -0.321. The molecule has 4 rings (SSSR count). The van der Waals surface area contributed by atoms with Gasteiger partial charge in [-0.3, -0.25) is 0 Å². The van der Waals surface area contributed by atoms with Crippen molar-refractivity contribution in [3.05, 3.63) is 0 Å². The first-order valence-corrected chi connectivity index (χ1v) is 13.0. The number of ether oxygens (including phenoxy) is 4. The van der Waals surface area contributed by atoms with Crippen molar-refractivity contribution in [2.75, 3.05) is 13.7 Å². The fourth-order valence-electron chi connectivity index (χ4n) is 6.24. The normalized spacial score (nSPS) is 55.1. The van der Waals surface area contributed by atoms with Gasteiger partial charge in [0, 0.05) is 18.0 Å². The summed E-state index contributed by atoms with van der Waals surface area (Å²) < 4.78 is 23.9. The molecule has 2 aliphatic carbocycles. The van der Waals surface area contributed by atoms with E-state index in [2.05, 4.69) is 5.32 Å². The van der Waals surface area contributed by atoms with E-state index in [1.165, 1.54) is 0 Å². The van der Waals surface area contributed by atoms with Crippen molar-refractivity contribution in [2.24, 2.45) is 29.0 Å². The number of nitrogens with one attached hydrogen (secondary N) is 1. The Morgan fingerprint density at radius 1 is 0.784 bits per heavy atom. The van der Waals surface area contributed by atoms with Crippen LogP contribution in [0.1, 0.15) is 26.2 Å². The van der Waals surface area contributed by atoms with E-state index < -0.39 is 97.6 Å². The number of rotatable bonds is 6. The highest BCUT2D eigenvalue weighted by atomic mass is 16.7. The molecule has 0 amide bonds. The van der Waals surface area contributed by atoms with Crippen molar-refractivity contribution < 1.29 is 49.6 Å². The third kappa shape index (κ3) is 5.69. The molecule has 17 atom stereocenters. The minimum Gasteiger partial charge on any atom is -0.394 e. The molecule has 14 heteroatoms. The summed E-state index contributed by atoms with van der Waals surface area (Å²) >= 11 is 0. The number of hydrogen-bond acceptors (Lipinski definition) is 14. The number of aliphatic hydroxyl groups excluding tert-OH is 6. The maximum atomic E-state index is 11.2. The molecule has 0 aromatic heterocycles. The van der Waals surface area contributed by atoms with Crippen LogP contribution in [0.4, 0.5) is 0 Å². The van der Waals surface area contributed by atoms with Gasteiger partial charge in [0.1, 0.15) is 18.3 Å². The highest BCUT2D eigenvalue weighted by Crippen LogP contribution is 2.39. The molecule has 14 nitrogen and oxygen atoms in total. The Morgan fingerprint density at radius 2 is 1.49 bits per heavy atom. The zero-order valence-corrected chi connectivity index (χ0v) is 21.2. The van der Waals surface area contributed by atoms with E-state index in [0.29, 0.717) is 12.8 Å². The zero-order valence-electron chi connectivity index (χ0n) is 21.2. The van der Waals surface area contributed by atoms with Crippen LogP contribution in [0.15, 0.2) is 0 Å². The molecule has 9 unspecified atom stereocenters. The second-order valence-electron chi connectivity index (χ2n) is 11.1. The standard InChI is InChI=1S/C23H44N4O10/c1-7-13(6-28)35-23(19(33)15(7)29)34-12-4-8-3-11(26)22(36-20(8)17(31)14(12)27-2)37-21-10(25)5-9(24)16(30)18(21)32/h7-23,27-33H,3-6,24-26H2,1-2H3/t7-,8-,9-,10?,11?,12?,13?,14?,15+,16?,17?,18-,19?,20?,21-,22-,23+/m1/s1. The van der Waals surface area contributed by atoms with Gasteiger partial charge in [-0.15, -0.1) is 0 Å². The van der Waals surface area contributed by atoms with Crippen molar-refractivity contribution in [3.8, 4) is 0 Å². The van der Waals surface area contributed by atoms with Crippen molar-refractivity contribution in [1.29, 1.82) is 0 Å². The minimum atomic E-state index is -1.33. The van der Waals surface area contributed by atoms with Crippen molar-refractivity contribution in [1.82, 2.24) is 5.32 Å². The third-order valence-corrected chi connectivity index (χ3v) is 8.59. The van der Waals surface area contributed by atoms with Gasteiger partial charge in [-0.2, -0.15) is 0 Å². The molecule has 2 saturated carbocycles. The van der Waals surface area contributed by atoms with Gasteiger partial charge in [0.05, 0.1) is 55.3 Å². The molecule has 2 saturated heterocycles. The maximum Gasteiger partial charge on any atom is 0.186 e. The molecule has 2 aliphatic heterocycles. The molecule has 0 radical (unpaired) electrons. The largest absolute Gasteiger partial charge is 0.394 e. The van der Waals surface area contributed by atoms with Crippen LogP contribution < -0.4 is 22.5 Å². The van der Waals surface area contributed by atoms with Gasteiger partial charge >= 0.3 is 0 Å². The molecule has 0 aromatic carbocycles. The number of fused-ring (bicyclic) bond motifs is 1. The van der Waals surface area contributed by atoms with Crippen molar-refractivity contribution in [2.45, 2.75) is 118 Å². The summed E-state index contributed by atoms with van der Waals surface area (Å²) in [7, 11) is 1.65. The summed E-state index contributed by atoms with van der Waals surface area (Å²) in [4.78, 5) is 0. The maximum absolute atomic E-state index is 11.2. The predicted molar refractivity (Wildman–Crippen MR) is 127 cm³/mol. The van der Waals surface area contributed by atoms with Gasteiger partial charge in [0.25, 0.3) is 0 Å². The average molecular weight is 537 g/mol. The molecule has 0 bridgehead atoms. The second kappa shape index (κ2) is 11.9. The van der Waals surface area contributed by atoms with E-state index in [1.54, 1.807) is 14.0 Å². The first-order valence-electron chi connectivity index (χ1n) is 13.0. The quantitative estimate of drug-likeness (QED) is 0.153. The van der Waals surface area contributed by atoms with Gasteiger partial charge in [-0.25, -0.2) is 0 Å². The Labute approximate surface area is 216 Å². The summed E-state index contributed by atoms with van der Waals surface area (Å²) in [5.41, 5.74) is 18.3. The number of likely N-dealkylation sites (N-methyl/N-ethyl adjacent to an activating group) is 1. The van der Waals surface area contributed by atoms with Gasteiger partial charge in [-0.1, -0.05) is 6.92 Å². The zero-order chi connectivity index (χ0) is 27.2. The summed E-state index contributed by atoms with van der Waals surface area (Å²) in [6.07, 6.45) is -10.2. The lowest BCUT2D eigenvalue weighted by Gasteiger charge is -2.51. The smallest absolute Gasteiger partial charge is 0.186 e. The van der Waals surface area contributed by atoms with E-state index in [1.807, 2.05) is 0 Å². The first kappa shape index (κ1) is 29.4. The lowest BCUT2D eigenvalue weighted by atomic mass is 9.75. The second-order valence-corrected chi connectivity index (χ2v) is 11.1. The fraction of sp³-hybridized carbons (Fsp3) is 1.00. The SMILES string of the molecule is CNC1C(O[C@H]2OC(CO)[C@@H](C)[C@H](O)C2O)C[C@H]2CC(N)[C@@H](O[C@@H]3C(N)C[C@@H](N)C(O)[C@H]3O)OC2C1O. The van der Waals surface area contributed by atoms with Crippen LogP contribution in [0, 0.1) is 11.8 Å². The van der Waals surface area contributed by atoms with Crippen molar-refractivity contribution in [3.63, 3.8) is 0 Å². The Morgan fingerprint density at radius 3 is 2.14 bits per heavy atom. The van der Waals surface area contributed by atoms with Crippen molar-refractivity contribution >= 4 is 0 Å². The third-order valence-electron chi connectivity index (χ3n) is 8.59. The number of nitrogens with two attached hydrogens (primary N) is 3. The van der Waals surface area contributed by atoms with E-state index in [9.17, 15) is 30.6 Å². The van der Waals surface area contributed by atoms with Gasteiger partial charge < -0.3 is 72.1 Å². The molecule has 216 valence electrons. The molecule has 0 spiro atoms. The van der Waals surface area contributed by atoms with E-state index in [4.69, 9.17) is 36.1 Å². The average Bonchev–Trinajstić information content (AvgIpc) is 2.86. The fourth-order valence-corrected chi connectivity index (χ4v) is 6.24. The number of aliphatic hydroxyl groups is 6. The van der Waals surface area contributed by atoms with Gasteiger partial charge in [0.2, 0.25) is 0 Å². The summed E-state index contributed by atoms with van der Waals surface area (Å²) in [5.74, 6) is -0.725. The summed E-state index contributed by atoms with van der Waals surface area (Å²) in [6, 6.07) is -2.56. The predicted octanol–water partition coefficient (Wildman–Crippen LogP) is -4.98. The van der Waals surface area contributed by atoms with Crippen LogP contribution in [0.25, 0.3) is 0 Å². The first-order chi connectivity index (χ1) is 17.5. The molecule has 37 heavy (non-hydrogen) atoms. The Bertz CT molecular complexity index is 752. The van der Waals surface area contributed by atoms with E-state index >= 15 is 0 Å². The Hall–Kier alpha value is -0.560. The summed E-state index contributed by atoms with van der Waals surface area (Å²) in [5, 5.41) is 65.4. The Balaban J connectivity index is 1.43. The molecular formula is C23H44N4O10. The topological polar surface area (TPSA) is 248 Å². The number of hydrogen-bond donors (Lipinski definition) is 10. The minimum absolute atomic E-state index is 0.235. The van der Waals surface area contributed by atoms with E-state index in [-0.39, 0.29) is 18.9 Å². The molecular weight excluding hydrogens is 492 g/mol. The molecule has 13 N–H and O–H groups in total. The highest BCUT2D eigenvalue weighted by molar-refractivity contribution is 5.03. The monoisotopic (exact) mass is 536 g/mol. The molecule has 4 fully saturated rings. The molecule has 0 aromatic rings. The highest BCUT2D eigenvalue weighted by Gasteiger charge is 2.53. The summed E-state index contributed by atoms with van der Waals surface area (Å²) in [6.45, 7) is 1.33. The molecule has 4 aliphatic rings. The van der Waals surface area contributed by atoms with Gasteiger partial charge in [0.15, 0.2) is 12.6 Å². The van der Waals surface area contributed by atoms with Crippen LogP contribution >= 0.6 is 0 Å². The van der Waals surface area contributed by atoms with Crippen LogP contribution in [-0.4, -0.2) is 136 Å².